The van der Waals surface area contributed by atoms with Gasteiger partial charge in [0.05, 0.1) is 0 Å². The predicted molar refractivity (Wildman–Crippen MR) is 83.2 cm³/mol. The molecule has 0 heterocycles. The van der Waals surface area contributed by atoms with Gasteiger partial charge in [-0.2, -0.15) is 0 Å². The van der Waals surface area contributed by atoms with Crippen LogP contribution in [0.3, 0.4) is 0 Å². The standard InChI is InChI=1S/C18H16O/c1-4-14-7-10-17(11-8-14)19-18-12-9-15(5-2)13-16(18)6-3/h4-13H,1-3H2. The van der Waals surface area contributed by atoms with E-state index in [9.17, 15) is 0 Å². The zero-order valence-corrected chi connectivity index (χ0v) is 10.8. The van der Waals surface area contributed by atoms with E-state index in [1.54, 1.807) is 18.2 Å². The lowest BCUT2D eigenvalue weighted by Gasteiger charge is -2.10. The van der Waals surface area contributed by atoms with Crippen LogP contribution in [0.5, 0.6) is 11.5 Å². The van der Waals surface area contributed by atoms with Crippen LogP contribution < -0.4 is 4.74 Å². The van der Waals surface area contributed by atoms with Gasteiger partial charge in [-0.15, -0.1) is 0 Å². The SMILES string of the molecule is C=Cc1ccc(Oc2ccc(C=C)cc2C=C)cc1. The number of hydrogen-bond acceptors (Lipinski definition) is 1. The van der Waals surface area contributed by atoms with Gasteiger partial charge in [-0.1, -0.05) is 56.2 Å². The summed E-state index contributed by atoms with van der Waals surface area (Å²) in [5, 5.41) is 0. The number of ether oxygens (including phenoxy) is 1. The smallest absolute Gasteiger partial charge is 0.134 e. The molecule has 2 aromatic rings. The maximum atomic E-state index is 5.86. The first-order valence-corrected chi connectivity index (χ1v) is 6.06. The van der Waals surface area contributed by atoms with Crippen LogP contribution >= 0.6 is 0 Å². The largest absolute Gasteiger partial charge is 0.457 e. The van der Waals surface area contributed by atoms with Gasteiger partial charge in [-0.3, -0.25) is 0 Å². The number of rotatable bonds is 5. The highest BCUT2D eigenvalue weighted by atomic mass is 16.5. The molecule has 1 heteroatoms. The van der Waals surface area contributed by atoms with Crippen molar-refractivity contribution in [2.45, 2.75) is 0 Å². The van der Waals surface area contributed by atoms with Gasteiger partial charge < -0.3 is 4.74 Å². The minimum Gasteiger partial charge on any atom is -0.457 e. The molecule has 0 fully saturated rings. The second kappa shape index (κ2) is 5.87. The third-order valence-corrected chi connectivity index (χ3v) is 2.83. The maximum Gasteiger partial charge on any atom is 0.134 e. The van der Waals surface area contributed by atoms with Gasteiger partial charge in [-0.05, 0) is 35.4 Å². The van der Waals surface area contributed by atoms with Crippen molar-refractivity contribution in [2.75, 3.05) is 0 Å². The van der Waals surface area contributed by atoms with Crippen LogP contribution in [0.25, 0.3) is 18.2 Å². The molecule has 0 spiro atoms. The van der Waals surface area contributed by atoms with Crippen LogP contribution in [-0.4, -0.2) is 0 Å². The lowest BCUT2D eigenvalue weighted by atomic mass is 10.1. The molecule has 0 aromatic heterocycles. The second-order valence-electron chi connectivity index (χ2n) is 4.08. The Labute approximate surface area is 114 Å². The highest BCUT2D eigenvalue weighted by molar-refractivity contribution is 5.62. The van der Waals surface area contributed by atoms with Crippen molar-refractivity contribution >= 4 is 18.2 Å². The molecule has 0 saturated heterocycles. The van der Waals surface area contributed by atoms with Gasteiger partial charge in [0, 0.05) is 5.56 Å². The maximum absolute atomic E-state index is 5.86. The minimum atomic E-state index is 0.784. The van der Waals surface area contributed by atoms with Crippen molar-refractivity contribution in [3.8, 4) is 11.5 Å². The van der Waals surface area contributed by atoms with Gasteiger partial charge in [-0.25, -0.2) is 0 Å². The van der Waals surface area contributed by atoms with Gasteiger partial charge >= 0.3 is 0 Å². The molecule has 0 bridgehead atoms. The highest BCUT2D eigenvalue weighted by Crippen LogP contribution is 2.27. The van der Waals surface area contributed by atoms with E-state index in [4.69, 9.17) is 4.74 Å². The summed E-state index contributed by atoms with van der Waals surface area (Å²) in [5.41, 5.74) is 3.06. The van der Waals surface area contributed by atoms with Gasteiger partial charge in [0.15, 0.2) is 0 Å². The Bertz CT molecular complexity index is 606. The Morgan fingerprint density at radius 3 is 1.95 bits per heavy atom. The highest BCUT2D eigenvalue weighted by Gasteiger charge is 2.03. The summed E-state index contributed by atoms with van der Waals surface area (Å²) in [7, 11) is 0. The topological polar surface area (TPSA) is 9.23 Å². The van der Waals surface area contributed by atoms with E-state index in [-0.39, 0.29) is 0 Å². The Morgan fingerprint density at radius 2 is 1.37 bits per heavy atom. The van der Waals surface area contributed by atoms with E-state index in [1.807, 2.05) is 42.5 Å². The molecule has 19 heavy (non-hydrogen) atoms. The Hall–Kier alpha value is -2.54. The normalized spacial score (nSPS) is 9.68. The van der Waals surface area contributed by atoms with Crippen molar-refractivity contribution in [1.82, 2.24) is 0 Å². The zero-order chi connectivity index (χ0) is 13.7. The fourth-order valence-electron chi connectivity index (χ4n) is 1.75. The molecule has 94 valence electrons. The fourth-order valence-corrected chi connectivity index (χ4v) is 1.75. The summed E-state index contributed by atoms with van der Waals surface area (Å²) in [5.74, 6) is 1.58. The van der Waals surface area contributed by atoms with E-state index in [0.717, 1.165) is 28.2 Å². The molecule has 0 atom stereocenters. The summed E-state index contributed by atoms with van der Waals surface area (Å²) in [6.45, 7) is 11.3. The fraction of sp³-hybridized carbons (Fsp3) is 0. The van der Waals surface area contributed by atoms with Crippen molar-refractivity contribution < 1.29 is 4.74 Å². The van der Waals surface area contributed by atoms with Crippen LogP contribution in [0.4, 0.5) is 0 Å². The Morgan fingerprint density at radius 1 is 0.737 bits per heavy atom. The molecule has 1 nitrogen and oxygen atoms in total. The molecule has 2 rings (SSSR count). The molecular weight excluding hydrogens is 232 g/mol. The first-order valence-electron chi connectivity index (χ1n) is 6.06. The van der Waals surface area contributed by atoms with Crippen LogP contribution in [0.2, 0.25) is 0 Å². The molecule has 0 aliphatic carbocycles. The van der Waals surface area contributed by atoms with Gasteiger partial charge in [0.1, 0.15) is 11.5 Å². The molecule has 2 aromatic carbocycles. The van der Waals surface area contributed by atoms with Crippen LogP contribution in [0, 0.1) is 0 Å². The van der Waals surface area contributed by atoms with E-state index in [1.165, 1.54) is 0 Å². The second-order valence-corrected chi connectivity index (χ2v) is 4.08. The van der Waals surface area contributed by atoms with E-state index >= 15 is 0 Å². The molecule has 0 saturated carbocycles. The quantitative estimate of drug-likeness (QED) is 0.687. The van der Waals surface area contributed by atoms with E-state index < -0.39 is 0 Å². The summed E-state index contributed by atoms with van der Waals surface area (Å²) < 4.78 is 5.86. The van der Waals surface area contributed by atoms with Gasteiger partial charge in [0.25, 0.3) is 0 Å². The molecule has 0 aliphatic heterocycles. The van der Waals surface area contributed by atoms with Crippen molar-refractivity contribution in [3.05, 3.63) is 78.9 Å². The van der Waals surface area contributed by atoms with Gasteiger partial charge in [0.2, 0.25) is 0 Å². The van der Waals surface area contributed by atoms with Crippen molar-refractivity contribution in [3.63, 3.8) is 0 Å². The zero-order valence-electron chi connectivity index (χ0n) is 10.8. The summed E-state index contributed by atoms with van der Waals surface area (Å²) in [6, 6.07) is 13.7. The lowest BCUT2D eigenvalue weighted by molar-refractivity contribution is 0.481. The van der Waals surface area contributed by atoms with Crippen LogP contribution in [-0.2, 0) is 0 Å². The first kappa shape index (κ1) is 12.9. The summed E-state index contributed by atoms with van der Waals surface area (Å²) in [4.78, 5) is 0. The average Bonchev–Trinajstić information content (AvgIpc) is 2.48. The lowest BCUT2D eigenvalue weighted by Crippen LogP contribution is -1.88. The summed E-state index contributed by atoms with van der Waals surface area (Å²) in [6.07, 6.45) is 5.38. The Balaban J connectivity index is 2.28. The molecular formula is C18H16O. The number of hydrogen-bond donors (Lipinski definition) is 0. The third kappa shape index (κ3) is 3.02. The first-order chi connectivity index (χ1) is 9.26. The molecule has 0 N–H and O–H groups in total. The minimum absolute atomic E-state index is 0.784. The van der Waals surface area contributed by atoms with Crippen LogP contribution in [0.1, 0.15) is 16.7 Å². The predicted octanol–water partition coefficient (Wildman–Crippen LogP) is 5.41. The Kier molecular flexibility index (Phi) is 3.99. The molecule has 0 amide bonds. The monoisotopic (exact) mass is 248 g/mol. The molecule has 0 radical (unpaired) electrons. The third-order valence-electron chi connectivity index (χ3n) is 2.83. The van der Waals surface area contributed by atoms with E-state index in [0.29, 0.717) is 0 Å². The molecule has 0 unspecified atom stereocenters. The van der Waals surface area contributed by atoms with Crippen LogP contribution in [0.15, 0.2) is 62.2 Å². The number of benzene rings is 2. The molecule has 0 aliphatic rings. The van der Waals surface area contributed by atoms with Crippen molar-refractivity contribution in [2.24, 2.45) is 0 Å². The van der Waals surface area contributed by atoms with E-state index in [2.05, 4.69) is 19.7 Å². The average molecular weight is 248 g/mol. The summed E-state index contributed by atoms with van der Waals surface area (Å²) >= 11 is 0. The van der Waals surface area contributed by atoms with Crippen molar-refractivity contribution in [1.29, 1.82) is 0 Å².